The van der Waals surface area contributed by atoms with E-state index in [0.29, 0.717) is 47.0 Å². The lowest BCUT2D eigenvalue weighted by Crippen LogP contribution is -2.66. The van der Waals surface area contributed by atoms with Crippen molar-refractivity contribution in [2.75, 3.05) is 6.61 Å². The van der Waals surface area contributed by atoms with E-state index < -0.39 is 0 Å². The van der Waals surface area contributed by atoms with Crippen LogP contribution in [-0.2, 0) is 9.53 Å². The number of rotatable bonds is 5. The molecule has 1 N–H and O–H groups in total. The van der Waals surface area contributed by atoms with Crippen LogP contribution in [0.5, 0.6) is 0 Å². The second kappa shape index (κ2) is 10.4. The maximum atomic E-state index is 12.9. The van der Waals surface area contributed by atoms with Gasteiger partial charge in [0.05, 0.1) is 12.7 Å². The molecule has 10 atom stereocenters. The van der Waals surface area contributed by atoms with Gasteiger partial charge in [0.15, 0.2) is 0 Å². The molecule has 5 saturated carbocycles. The van der Waals surface area contributed by atoms with E-state index in [1.807, 2.05) is 36.4 Å². The predicted octanol–water partition coefficient (Wildman–Crippen LogP) is 9.26. The third kappa shape index (κ3) is 4.33. The summed E-state index contributed by atoms with van der Waals surface area (Å²) in [5.41, 5.74) is 3.26. The van der Waals surface area contributed by atoms with E-state index in [0.717, 1.165) is 31.2 Å². The maximum absolute atomic E-state index is 12.9. The van der Waals surface area contributed by atoms with Crippen molar-refractivity contribution in [3.63, 3.8) is 0 Å². The number of aliphatic hydroxyl groups excluding tert-OH is 1. The second-order valence-electron chi connectivity index (χ2n) is 16.8. The van der Waals surface area contributed by atoms with Crippen molar-refractivity contribution in [2.45, 2.75) is 112 Å². The second-order valence-corrected chi connectivity index (χ2v) is 16.8. The van der Waals surface area contributed by atoms with Gasteiger partial charge in [0.1, 0.15) is 0 Å². The van der Waals surface area contributed by atoms with E-state index in [-0.39, 0.29) is 28.3 Å². The first-order valence-corrected chi connectivity index (χ1v) is 17.0. The van der Waals surface area contributed by atoms with Crippen LogP contribution < -0.4 is 0 Å². The third-order valence-corrected chi connectivity index (χ3v) is 14.9. The number of hydrogen-bond acceptors (Lipinski definition) is 3. The maximum Gasteiger partial charge on any atom is 0.330 e. The molecule has 0 radical (unpaired) electrons. The van der Waals surface area contributed by atoms with Crippen molar-refractivity contribution in [1.82, 2.24) is 0 Å². The first-order valence-electron chi connectivity index (χ1n) is 17.0. The average molecular weight is 573 g/mol. The fourth-order valence-corrected chi connectivity index (χ4v) is 12.5. The molecule has 5 aliphatic rings. The Kier molecular flexibility index (Phi) is 7.44. The highest BCUT2D eigenvalue weighted by Gasteiger charge is 2.70. The quantitative estimate of drug-likeness (QED) is 0.217. The van der Waals surface area contributed by atoms with E-state index >= 15 is 0 Å². The van der Waals surface area contributed by atoms with Crippen LogP contribution in [0.4, 0.5) is 0 Å². The zero-order valence-electron chi connectivity index (χ0n) is 27.3. The minimum absolute atomic E-state index is 0.0108. The van der Waals surface area contributed by atoms with E-state index in [2.05, 4.69) is 48.1 Å². The Balaban J connectivity index is 1.27. The molecule has 0 saturated heterocycles. The summed E-state index contributed by atoms with van der Waals surface area (Å²) in [5.74, 6) is 2.76. The van der Waals surface area contributed by atoms with Gasteiger partial charge in [-0.15, -0.1) is 0 Å². The van der Waals surface area contributed by atoms with Crippen LogP contribution in [0, 0.1) is 56.7 Å². The first kappa shape index (κ1) is 30.2. The highest BCUT2D eigenvalue weighted by atomic mass is 16.5. The van der Waals surface area contributed by atoms with Crippen LogP contribution in [0.1, 0.15) is 111 Å². The minimum Gasteiger partial charge on any atom is -0.462 e. The van der Waals surface area contributed by atoms with Gasteiger partial charge in [0.2, 0.25) is 0 Å². The third-order valence-electron chi connectivity index (χ3n) is 14.9. The lowest BCUT2D eigenvalue weighted by molar-refractivity contribution is -0.249. The number of hydrogen-bond donors (Lipinski definition) is 1. The molecule has 5 aliphatic carbocycles. The summed E-state index contributed by atoms with van der Waals surface area (Å²) in [4.78, 5) is 12.9. The van der Waals surface area contributed by atoms with Gasteiger partial charge in [-0.25, -0.2) is 4.79 Å². The van der Waals surface area contributed by atoms with Crippen LogP contribution in [0.15, 0.2) is 48.6 Å². The van der Waals surface area contributed by atoms with Crippen LogP contribution in [-0.4, -0.2) is 23.8 Å². The molecule has 0 amide bonds. The van der Waals surface area contributed by atoms with E-state index in [1.165, 1.54) is 44.1 Å². The molecule has 42 heavy (non-hydrogen) atoms. The standard InChI is InChI=1S/C39H56O3/c1-26(2)28-17-22-39(25-42-33(41)16-13-27-11-9-8-10-12-27)24-23-37(6)29(34(28)39)14-15-31-36(5)20-19-32(40)35(3,4)30(36)18-21-38(31,37)7/h8-13,16,28-32,34,40H,1,14-15,17-25H2,2-7H3/b16-13+/t28-,29?,30?,31?,32-,34?,36-,37+,38+,39+/m0/s1. The summed E-state index contributed by atoms with van der Waals surface area (Å²) in [6, 6.07) is 9.99. The molecule has 0 aliphatic heterocycles. The highest BCUT2D eigenvalue weighted by Crippen LogP contribution is 2.77. The average Bonchev–Trinajstić information content (AvgIpc) is 3.34. The molecule has 0 spiro atoms. The van der Waals surface area contributed by atoms with E-state index in [4.69, 9.17) is 4.74 Å². The molecular weight excluding hydrogens is 516 g/mol. The minimum atomic E-state index is -0.219. The van der Waals surface area contributed by atoms with Gasteiger partial charge < -0.3 is 9.84 Å². The van der Waals surface area contributed by atoms with Crippen molar-refractivity contribution >= 4 is 12.0 Å². The lowest BCUT2D eigenvalue weighted by atomic mass is 9.32. The molecule has 6 rings (SSSR count). The Hall–Kier alpha value is -1.87. The Morgan fingerprint density at radius 3 is 2.36 bits per heavy atom. The molecule has 3 nitrogen and oxygen atoms in total. The lowest BCUT2D eigenvalue weighted by Gasteiger charge is -2.73. The van der Waals surface area contributed by atoms with Crippen LogP contribution >= 0.6 is 0 Å². The highest BCUT2D eigenvalue weighted by molar-refractivity contribution is 5.87. The largest absolute Gasteiger partial charge is 0.462 e. The molecule has 1 aromatic rings. The summed E-state index contributed by atoms with van der Waals surface area (Å²) in [7, 11) is 0. The number of aliphatic hydroxyl groups is 1. The van der Waals surface area contributed by atoms with Crippen molar-refractivity contribution in [3.8, 4) is 0 Å². The Morgan fingerprint density at radius 1 is 0.905 bits per heavy atom. The Morgan fingerprint density at radius 2 is 1.64 bits per heavy atom. The molecular formula is C39H56O3. The zero-order chi connectivity index (χ0) is 30.1. The van der Waals surface area contributed by atoms with Gasteiger partial charge >= 0.3 is 5.97 Å². The zero-order valence-corrected chi connectivity index (χ0v) is 27.3. The number of esters is 1. The number of benzene rings is 1. The molecule has 5 fully saturated rings. The SMILES string of the molecule is C=C(C)[C@@H]1CC[C@]2(COC(=O)/C=C/c3ccccc3)CC[C@]3(C)C(CCC4[C@@]5(C)CC[C@H](O)C(C)(C)C5CC[C@]43C)C12. The number of ether oxygens (including phenoxy) is 1. The molecule has 230 valence electrons. The summed E-state index contributed by atoms with van der Waals surface area (Å²) in [5, 5.41) is 11.0. The van der Waals surface area contributed by atoms with Crippen LogP contribution in [0.2, 0.25) is 0 Å². The fourth-order valence-electron chi connectivity index (χ4n) is 12.5. The van der Waals surface area contributed by atoms with Gasteiger partial charge in [-0.1, -0.05) is 77.1 Å². The number of allylic oxidation sites excluding steroid dienone is 1. The summed E-state index contributed by atoms with van der Waals surface area (Å²) in [6.45, 7) is 20.0. The first-order chi connectivity index (χ1) is 19.8. The number of fused-ring (bicyclic) bond motifs is 7. The molecule has 1 aromatic carbocycles. The molecule has 4 unspecified atom stereocenters. The number of carbonyl (C=O) groups excluding carboxylic acids is 1. The molecule has 0 heterocycles. The van der Waals surface area contributed by atoms with Crippen molar-refractivity contribution in [2.24, 2.45) is 56.7 Å². The molecule has 0 bridgehead atoms. The van der Waals surface area contributed by atoms with Crippen LogP contribution in [0.25, 0.3) is 6.08 Å². The molecule has 3 heteroatoms. The van der Waals surface area contributed by atoms with Crippen molar-refractivity contribution in [3.05, 3.63) is 54.1 Å². The van der Waals surface area contributed by atoms with Crippen LogP contribution in [0.3, 0.4) is 0 Å². The summed E-state index contributed by atoms with van der Waals surface area (Å²) in [6.07, 6.45) is 15.2. The van der Waals surface area contributed by atoms with Gasteiger partial charge in [-0.3, -0.25) is 0 Å². The van der Waals surface area contributed by atoms with Gasteiger partial charge in [-0.2, -0.15) is 0 Å². The molecule has 0 aromatic heterocycles. The topological polar surface area (TPSA) is 46.5 Å². The van der Waals surface area contributed by atoms with Gasteiger partial charge in [-0.05, 0) is 134 Å². The number of carbonyl (C=O) groups is 1. The van der Waals surface area contributed by atoms with Crippen molar-refractivity contribution < 1.29 is 14.6 Å². The normalized spacial score (nSPS) is 45.8. The Bertz CT molecular complexity index is 1230. The summed E-state index contributed by atoms with van der Waals surface area (Å²) < 4.78 is 6.12. The monoisotopic (exact) mass is 572 g/mol. The van der Waals surface area contributed by atoms with E-state index in [9.17, 15) is 9.90 Å². The fraction of sp³-hybridized carbons (Fsp3) is 0.718. The predicted molar refractivity (Wildman–Crippen MR) is 171 cm³/mol. The van der Waals surface area contributed by atoms with Crippen molar-refractivity contribution in [1.29, 1.82) is 0 Å². The summed E-state index contributed by atoms with van der Waals surface area (Å²) >= 11 is 0. The van der Waals surface area contributed by atoms with Gasteiger partial charge in [0.25, 0.3) is 0 Å². The van der Waals surface area contributed by atoms with E-state index in [1.54, 1.807) is 6.08 Å². The smallest absolute Gasteiger partial charge is 0.330 e. The Labute approximate surface area is 255 Å². The van der Waals surface area contributed by atoms with Gasteiger partial charge in [0, 0.05) is 11.5 Å².